The molecule has 0 fully saturated rings. The average molecular weight is 116 g/mol. The highest BCUT2D eigenvalue weighted by Gasteiger charge is 1.81. The van der Waals surface area contributed by atoms with Crippen LogP contribution in [-0.2, 0) is 9.53 Å². The zero-order valence-electron chi connectivity index (χ0n) is 4.94. The van der Waals surface area contributed by atoms with E-state index in [0.29, 0.717) is 19.7 Å². The second-order valence-corrected chi connectivity index (χ2v) is 1.31. The minimum atomic E-state index is 0.295. The lowest BCUT2D eigenvalue weighted by atomic mass is 10.6. The molecule has 0 aromatic rings. The van der Waals surface area contributed by atoms with Crippen molar-refractivity contribution in [3.05, 3.63) is 0 Å². The summed E-state index contributed by atoms with van der Waals surface area (Å²) < 4.78 is 4.70. The summed E-state index contributed by atoms with van der Waals surface area (Å²) in [5, 5.41) is 2.79. The highest BCUT2D eigenvalue weighted by molar-refractivity contribution is 5.52. The van der Waals surface area contributed by atoms with Gasteiger partial charge in [0.15, 0.2) is 0 Å². The van der Waals surface area contributed by atoms with Gasteiger partial charge in [-0.3, -0.25) is 4.79 Å². The highest BCUT2D eigenvalue weighted by Crippen LogP contribution is 1.60. The fourth-order valence-electron chi connectivity index (χ4n) is 0.314. The van der Waals surface area contributed by atoms with Crippen molar-refractivity contribution in [2.45, 2.75) is 0 Å². The van der Waals surface area contributed by atoms with Crippen LogP contribution in [-0.4, -0.2) is 33.1 Å². The lowest BCUT2D eigenvalue weighted by molar-refractivity contribution is 0.200. The van der Waals surface area contributed by atoms with Crippen LogP contribution in [0.25, 0.3) is 0 Å². The van der Waals surface area contributed by atoms with Gasteiger partial charge in [0.2, 0.25) is 6.29 Å². The van der Waals surface area contributed by atoms with E-state index in [2.05, 4.69) is 5.32 Å². The molecule has 0 aromatic carbocycles. The molecule has 3 nitrogen and oxygen atoms in total. The van der Waals surface area contributed by atoms with Crippen molar-refractivity contribution in [3.8, 4) is 0 Å². The fourth-order valence-corrected chi connectivity index (χ4v) is 0.314. The molecular formula is C5H10NO2. The van der Waals surface area contributed by atoms with Gasteiger partial charge in [-0.05, 0) is 0 Å². The van der Waals surface area contributed by atoms with E-state index in [1.54, 1.807) is 13.4 Å². The third-order valence-corrected chi connectivity index (χ3v) is 0.680. The van der Waals surface area contributed by atoms with Gasteiger partial charge in [-0.1, -0.05) is 0 Å². The van der Waals surface area contributed by atoms with Gasteiger partial charge in [-0.2, -0.15) is 0 Å². The Morgan fingerprint density at radius 3 is 3.00 bits per heavy atom. The SMILES string of the molecule is COCCNC[C]=O. The van der Waals surface area contributed by atoms with Crippen LogP contribution >= 0.6 is 0 Å². The van der Waals surface area contributed by atoms with Crippen molar-refractivity contribution in [1.82, 2.24) is 5.32 Å². The number of carbonyl (C=O) groups excluding carboxylic acids is 1. The van der Waals surface area contributed by atoms with Crippen LogP contribution in [0.4, 0.5) is 0 Å². The van der Waals surface area contributed by atoms with Crippen molar-refractivity contribution in [2.24, 2.45) is 0 Å². The maximum Gasteiger partial charge on any atom is 0.213 e. The van der Waals surface area contributed by atoms with Crippen LogP contribution in [0.1, 0.15) is 0 Å². The second kappa shape index (κ2) is 6.59. The molecule has 3 heteroatoms. The predicted octanol–water partition coefficient (Wildman–Crippen LogP) is -0.668. The summed E-state index contributed by atoms with van der Waals surface area (Å²) in [6, 6.07) is 0. The van der Waals surface area contributed by atoms with E-state index in [9.17, 15) is 4.79 Å². The first-order valence-electron chi connectivity index (χ1n) is 2.46. The molecule has 0 aliphatic heterocycles. The Labute approximate surface area is 49.0 Å². The third kappa shape index (κ3) is 5.59. The molecule has 0 amide bonds. The summed E-state index contributed by atoms with van der Waals surface area (Å²) >= 11 is 0. The number of rotatable bonds is 5. The summed E-state index contributed by atoms with van der Waals surface area (Å²) in [6.45, 7) is 1.65. The lowest BCUT2D eigenvalue weighted by Gasteiger charge is -1.95. The normalized spacial score (nSPS) is 9.12. The third-order valence-electron chi connectivity index (χ3n) is 0.680. The van der Waals surface area contributed by atoms with Crippen molar-refractivity contribution >= 4 is 6.29 Å². The van der Waals surface area contributed by atoms with Gasteiger partial charge in [-0.25, -0.2) is 0 Å². The zero-order valence-corrected chi connectivity index (χ0v) is 4.94. The predicted molar refractivity (Wildman–Crippen MR) is 30.4 cm³/mol. The van der Waals surface area contributed by atoms with E-state index < -0.39 is 0 Å². The van der Waals surface area contributed by atoms with Gasteiger partial charge in [-0.15, -0.1) is 0 Å². The maximum absolute atomic E-state index is 9.54. The van der Waals surface area contributed by atoms with Gasteiger partial charge in [0.05, 0.1) is 13.2 Å². The van der Waals surface area contributed by atoms with Gasteiger partial charge in [0.25, 0.3) is 0 Å². The fraction of sp³-hybridized carbons (Fsp3) is 0.800. The van der Waals surface area contributed by atoms with Gasteiger partial charge >= 0.3 is 0 Å². The van der Waals surface area contributed by atoms with Crippen molar-refractivity contribution < 1.29 is 9.53 Å². The Balaban J connectivity index is 2.62. The van der Waals surface area contributed by atoms with Crippen LogP contribution in [0.2, 0.25) is 0 Å². The molecule has 0 aliphatic carbocycles. The van der Waals surface area contributed by atoms with Crippen LogP contribution in [0, 0.1) is 0 Å². The molecule has 0 unspecified atom stereocenters. The summed E-state index contributed by atoms with van der Waals surface area (Å²) in [5.74, 6) is 0. The largest absolute Gasteiger partial charge is 0.383 e. The molecular weight excluding hydrogens is 106 g/mol. The molecule has 0 aliphatic rings. The number of methoxy groups -OCH3 is 1. The van der Waals surface area contributed by atoms with E-state index in [0.717, 1.165) is 0 Å². The first kappa shape index (κ1) is 7.59. The molecule has 1 N–H and O–H groups in total. The van der Waals surface area contributed by atoms with Crippen LogP contribution in [0.5, 0.6) is 0 Å². The molecule has 0 aromatic heterocycles. The number of nitrogens with one attached hydrogen (secondary N) is 1. The van der Waals surface area contributed by atoms with Crippen LogP contribution < -0.4 is 5.32 Å². The summed E-state index contributed by atoms with van der Waals surface area (Å²) in [5.41, 5.74) is 0. The molecule has 0 saturated carbocycles. The number of hydrogen-bond donors (Lipinski definition) is 1. The maximum atomic E-state index is 9.54. The summed E-state index contributed by atoms with van der Waals surface area (Å²) in [7, 11) is 1.62. The number of ether oxygens (including phenoxy) is 1. The van der Waals surface area contributed by atoms with Crippen molar-refractivity contribution in [1.29, 1.82) is 0 Å². The quantitative estimate of drug-likeness (QED) is 0.484. The monoisotopic (exact) mass is 116 g/mol. The minimum Gasteiger partial charge on any atom is -0.383 e. The molecule has 47 valence electrons. The van der Waals surface area contributed by atoms with Gasteiger partial charge < -0.3 is 10.1 Å². The summed E-state index contributed by atoms with van der Waals surface area (Å²) in [4.78, 5) is 9.54. The molecule has 0 heterocycles. The molecule has 0 spiro atoms. The topological polar surface area (TPSA) is 38.3 Å². The number of hydrogen-bond acceptors (Lipinski definition) is 3. The molecule has 0 rings (SSSR count). The van der Waals surface area contributed by atoms with Crippen LogP contribution in [0.15, 0.2) is 0 Å². The Morgan fingerprint density at radius 1 is 1.75 bits per heavy atom. The Bertz CT molecular complexity index is 56.4. The average Bonchev–Trinajstić information content (AvgIpc) is 1.81. The van der Waals surface area contributed by atoms with Gasteiger partial charge in [0.1, 0.15) is 0 Å². The summed E-state index contributed by atoms with van der Waals surface area (Å²) in [6.07, 6.45) is 1.71. The first-order chi connectivity index (χ1) is 3.91. The lowest BCUT2D eigenvalue weighted by Crippen LogP contribution is -2.20. The molecule has 0 atom stereocenters. The molecule has 0 bridgehead atoms. The van der Waals surface area contributed by atoms with E-state index in [1.807, 2.05) is 0 Å². The highest BCUT2D eigenvalue weighted by atomic mass is 16.5. The molecule has 0 saturated heterocycles. The first-order valence-corrected chi connectivity index (χ1v) is 2.46. The van der Waals surface area contributed by atoms with E-state index in [4.69, 9.17) is 4.74 Å². The molecule has 8 heavy (non-hydrogen) atoms. The van der Waals surface area contributed by atoms with E-state index in [-0.39, 0.29) is 0 Å². The Hall–Kier alpha value is -0.410. The van der Waals surface area contributed by atoms with E-state index >= 15 is 0 Å². The minimum absolute atomic E-state index is 0.295. The van der Waals surface area contributed by atoms with Crippen molar-refractivity contribution in [3.63, 3.8) is 0 Å². The van der Waals surface area contributed by atoms with E-state index in [1.165, 1.54) is 0 Å². The second-order valence-electron chi connectivity index (χ2n) is 1.31. The van der Waals surface area contributed by atoms with Crippen LogP contribution in [0.3, 0.4) is 0 Å². The Morgan fingerprint density at radius 2 is 2.50 bits per heavy atom. The smallest absolute Gasteiger partial charge is 0.213 e. The van der Waals surface area contributed by atoms with Gasteiger partial charge in [0, 0.05) is 13.7 Å². The van der Waals surface area contributed by atoms with Crippen molar-refractivity contribution in [2.75, 3.05) is 26.8 Å². The standard InChI is InChI=1S/C5H10NO2/c1-8-5-3-6-2-4-7/h6H,2-3,5H2,1H3. The zero-order chi connectivity index (χ0) is 6.24. The Kier molecular flexibility index (Phi) is 6.25. The molecule has 1 radical (unpaired) electrons.